The molecule has 2 rings (SSSR count). The van der Waals surface area contributed by atoms with E-state index in [2.05, 4.69) is 21.2 Å². The molecule has 19 heavy (non-hydrogen) atoms. The lowest BCUT2D eigenvalue weighted by Crippen LogP contribution is -2.14. The molecule has 5 heteroatoms. The van der Waals surface area contributed by atoms with Gasteiger partial charge in [0.05, 0.1) is 10.9 Å². The van der Waals surface area contributed by atoms with Crippen LogP contribution in [0.15, 0.2) is 46.9 Å². The Balaban J connectivity index is 2.03. The van der Waals surface area contributed by atoms with E-state index in [-0.39, 0.29) is 12.3 Å². The molecule has 0 bridgehead atoms. The molecule has 0 aliphatic rings. The molecular formula is C14H12BrFN2O. The van der Waals surface area contributed by atoms with Gasteiger partial charge in [-0.3, -0.25) is 4.79 Å². The van der Waals surface area contributed by atoms with Gasteiger partial charge in [-0.15, -0.1) is 0 Å². The molecule has 98 valence electrons. The number of carbonyl (C=O) groups excluding carboxylic acids is 1. The van der Waals surface area contributed by atoms with Gasteiger partial charge in [0.2, 0.25) is 5.91 Å². The third kappa shape index (κ3) is 3.79. The quantitative estimate of drug-likeness (QED) is 0.851. The SMILES string of the molecule is Nc1cccc(CC(=O)Nc2ccc(Br)c(F)c2)c1. The maximum Gasteiger partial charge on any atom is 0.228 e. The fourth-order valence-corrected chi connectivity index (χ4v) is 1.91. The van der Waals surface area contributed by atoms with Gasteiger partial charge in [0.25, 0.3) is 0 Å². The van der Waals surface area contributed by atoms with Crippen LogP contribution in [0.5, 0.6) is 0 Å². The monoisotopic (exact) mass is 322 g/mol. The first kappa shape index (κ1) is 13.5. The average Bonchev–Trinajstić information content (AvgIpc) is 2.34. The first-order chi connectivity index (χ1) is 9.04. The number of hydrogen-bond donors (Lipinski definition) is 2. The molecule has 0 saturated carbocycles. The van der Waals surface area contributed by atoms with Crippen molar-refractivity contribution in [3.05, 3.63) is 58.3 Å². The fourth-order valence-electron chi connectivity index (χ4n) is 1.67. The number of nitrogen functional groups attached to an aromatic ring is 1. The summed E-state index contributed by atoms with van der Waals surface area (Å²) in [6.45, 7) is 0. The molecule has 1 amide bonds. The lowest BCUT2D eigenvalue weighted by atomic mass is 10.1. The highest BCUT2D eigenvalue weighted by atomic mass is 79.9. The van der Waals surface area contributed by atoms with E-state index >= 15 is 0 Å². The number of benzene rings is 2. The van der Waals surface area contributed by atoms with Crippen LogP contribution >= 0.6 is 15.9 Å². The van der Waals surface area contributed by atoms with Crippen molar-refractivity contribution in [2.75, 3.05) is 11.1 Å². The maximum absolute atomic E-state index is 13.3. The number of anilines is 2. The summed E-state index contributed by atoms with van der Waals surface area (Å²) in [7, 11) is 0. The van der Waals surface area contributed by atoms with E-state index in [0.29, 0.717) is 15.8 Å². The number of carbonyl (C=O) groups is 1. The predicted octanol–water partition coefficient (Wildman–Crippen LogP) is 3.35. The first-order valence-electron chi connectivity index (χ1n) is 5.64. The van der Waals surface area contributed by atoms with E-state index in [1.54, 1.807) is 30.3 Å². The molecule has 0 heterocycles. The van der Waals surface area contributed by atoms with Gasteiger partial charge in [0.1, 0.15) is 5.82 Å². The number of halogens is 2. The second-order valence-corrected chi connectivity index (χ2v) is 4.95. The summed E-state index contributed by atoms with van der Waals surface area (Å²) >= 11 is 3.06. The third-order valence-corrected chi connectivity index (χ3v) is 3.16. The van der Waals surface area contributed by atoms with Crippen LogP contribution in [0.2, 0.25) is 0 Å². The largest absolute Gasteiger partial charge is 0.399 e. The standard InChI is InChI=1S/C14H12BrFN2O/c15-12-5-4-11(8-13(12)16)18-14(19)7-9-2-1-3-10(17)6-9/h1-6,8H,7,17H2,(H,18,19). The summed E-state index contributed by atoms with van der Waals surface area (Å²) < 4.78 is 13.7. The van der Waals surface area contributed by atoms with E-state index in [4.69, 9.17) is 5.73 Å². The van der Waals surface area contributed by atoms with Gasteiger partial charge in [-0.25, -0.2) is 4.39 Å². The highest BCUT2D eigenvalue weighted by Crippen LogP contribution is 2.19. The van der Waals surface area contributed by atoms with E-state index < -0.39 is 5.82 Å². The molecule has 0 radical (unpaired) electrons. The summed E-state index contributed by atoms with van der Waals surface area (Å²) in [6, 6.07) is 11.5. The Morgan fingerprint density at radius 2 is 2.05 bits per heavy atom. The number of amides is 1. The average molecular weight is 323 g/mol. The van der Waals surface area contributed by atoms with E-state index in [1.807, 2.05) is 6.07 Å². The van der Waals surface area contributed by atoms with Gasteiger partial charge >= 0.3 is 0 Å². The van der Waals surface area contributed by atoms with Gasteiger partial charge in [-0.05, 0) is 51.8 Å². The number of hydrogen-bond acceptors (Lipinski definition) is 2. The Hall–Kier alpha value is -1.88. The van der Waals surface area contributed by atoms with Crippen LogP contribution in [-0.4, -0.2) is 5.91 Å². The first-order valence-corrected chi connectivity index (χ1v) is 6.43. The Kier molecular flexibility index (Phi) is 4.16. The molecule has 0 saturated heterocycles. The molecule has 0 spiro atoms. The van der Waals surface area contributed by atoms with Gasteiger partial charge in [0, 0.05) is 11.4 Å². The normalized spacial score (nSPS) is 10.2. The summed E-state index contributed by atoms with van der Waals surface area (Å²) in [5.41, 5.74) is 7.49. The highest BCUT2D eigenvalue weighted by molar-refractivity contribution is 9.10. The molecule has 0 aliphatic carbocycles. The molecule has 0 aliphatic heterocycles. The van der Waals surface area contributed by atoms with Crippen LogP contribution in [0.25, 0.3) is 0 Å². The number of nitrogens with two attached hydrogens (primary N) is 1. The summed E-state index contributed by atoms with van der Waals surface area (Å²) in [4.78, 5) is 11.8. The minimum atomic E-state index is -0.415. The molecule has 3 N–H and O–H groups in total. The lowest BCUT2D eigenvalue weighted by Gasteiger charge is -2.06. The lowest BCUT2D eigenvalue weighted by molar-refractivity contribution is -0.115. The molecule has 0 aromatic heterocycles. The van der Waals surface area contributed by atoms with Crippen LogP contribution in [0.3, 0.4) is 0 Å². The van der Waals surface area contributed by atoms with Crippen molar-refractivity contribution in [1.82, 2.24) is 0 Å². The zero-order valence-electron chi connectivity index (χ0n) is 9.99. The molecule has 0 unspecified atom stereocenters. The zero-order chi connectivity index (χ0) is 13.8. The van der Waals surface area contributed by atoms with Gasteiger partial charge in [-0.1, -0.05) is 12.1 Å². The zero-order valence-corrected chi connectivity index (χ0v) is 11.6. The predicted molar refractivity (Wildman–Crippen MR) is 77.3 cm³/mol. The Morgan fingerprint density at radius 1 is 1.26 bits per heavy atom. The summed E-state index contributed by atoms with van der Waals surface area (Å²) in [5.74, 6) is -0.630. The molecule has 0 atom stereocenters. The van der Waals surface area contributed by atoms with Gasteiger partial charge < -0.3 is 11.1 Å². The maximum atomic E-state index is 13.3. The third-order valence-electron chi connectivity index (χ3n) is 2.52. The number of rotatable bonds is 3. The second kappa shape index (κ2) is 5.84. The highest BCUT2D eigenvalue weighted by Gasteiger charge is 2.06. The topological polar surface area (TPSA) is 55.1 Å². The smallest absolute Gasteiger partial charge is 0.228 e. The van der Waals surface area contributed by atoms with Crippen LogP contribution in [-0.2, 0) is 11.2 Å². The van der Waals surface area contributed by atoms with Crippen molar-refractivity contribution in [1.29, 1.82) is 0 Å². The fraction of sp³-hybridized carbons (Fsp3) is 0.0714. The molecular weight excluding hydrogens is 311 g/mol. The van der Waals surface area contributed by atoms with E-state index in [0.717, 1.165) is 5.56 Å². The van der Waals surface area contributed by atoms with Crippen molar-refractivity contribution in [3.63, 3.8) is 0 Å². The number of nitrogens with one attached hydrogen (secondary N) is 1. The van der Waals surface area contributed by atoms with E-state index in [1.165, 1.54) is 6.07 Å². The van der Waals surface area contributed by atoms with Crippen LogP contribution in [0.4, 0.5) is 15.8 Å². The van der Waals surface area contributed by atoms with Crippen LogP contribution in [0.1, 0.15) is 5.56 Å². The van der Waals surface area contributed by atoms with Crippen molar-refractivity contribution >= 4 is 33.2 Å². The minimum absolute atomic E-state index is 0.197. The molecule has 0 fully saturated rings. The van der Waals surface area contributed by atoms with E-state index in [9.17, 15) is 9.18 Å². The molecule has 2 aromatic rings. The second-order valence-electron chi connectivity index (χ2n) is 4.10. The van der Waals surface area contributed by atoms with Crippen LogP contribution < -0.4 is 11.1 Å². The van der Waals surface area contributed by atoms with Crippen molar-refractivity contribution < 1.29 is 9.18 Å². The van der Waals surface area contributed by atoms with Crippen molar-refractivity contribution in [2.45, 2.75) is 6.42 Å². The van der Waals surface area contributed by atoms with Crippen molar-refractivity contribution in [3.8, 4) is 0 Å². The summed E-state index contributed by atoms with van der Waals surface area (Å²) in [5, 5.41) is 2.64. The Bertz CT molecular complexity index is 616. The molecule has 2 aromatic carbocycles. The minimum Gasteiger partial charge on any atom is -0.399 e. The van der Waals surface area contributed by atoms with Crippen LogP contribution in [0, 0.1) is 5.82 Å². The summed E-state index contributed by atoms with van der Waals surface area (Å²) in [6.07, 6.45) is 0.197. The van der Waals surface area contributed by atoms with Crippen molar-refractivity contribution in [2.24, 2.45) is 0 Å². The molecule has 3 nitrogen and oxygen atoms in total. The van der Waals surface area contributed by atoms with Gasteiger partial charge in [-0.2, -0.15) is 0 Å². The Labute approximate surface area is 118 Å². The Morgan fingerprint density at radius 3 is 2.74 bits per heavy atom. The van der Waals surface area contributed by atoms with Gasteiger partial charge in [0.15, 0.2) is 0 Å².